The number of thioether (sulfide) groups is 1. The number of halogens is 4. The summed E-state index contributed by atoms with van der Waals surface area (Å²) in [5, 5.41) is 6.61. The third kappa shape index (κ3) is 7.06. The van der Waals surface area contributed by atoms with Crippen LogP contribution in [0.1, 0.15) is 19.0 Å². The van der Waals surface area contributed by atoms with Gasteiger partial charge in [0.2, 0.25) is 0 Å². The number of likely N-dealkylation sites (tertiary alicyclic amines) is 1. The number of nitrogens with zero attached hydrogens (tertiary/aromatic N) is 4. The van der Waals surface area contributed by atoms with Crippen molar-refractivity contribution < 1.29 is 31.6 Å². The van der Waals surface area contributed by atoms with Crippen LogP contribution in [-0.2, 0) is 9.30 Å². The molecule has 43 heavy (non-hydrogen) atoms. The lowest BCUT2D eigenvalue weighted by Crippen LogP contribution is -2.64. The van der Waals surface area contributed by atoms with Gasteiger partial charge in [0.15, 0.2) is 11.5 Å². The molecule has 0 aliphatic carbocycles. The predicted octanol–water partition coefficient (Wildman–Crippen LogP) is 4.67. The highest BCUT2D eigenvalue weighted by atomic mass is 32.2. The van der Waals surface area contributed by atoms with Crippen LogP contribution in [0.2, 0.25) is 0 Å². The van der Waals surface area contributed by atoms with Gasteiger partial charge in [-0.25, -0.2) is 14.4 Å². The number of rotatable bonds is 8. The van der Waals surface area contributed by atoms with E-state index in [1.165, 1.54) is 23.9 Å². The molecule has 2 atom stereocenters. The predicted molar refractivity (Wildman–Crippen MR) is 160 cm³/mol. The van der Waals surface area contributed by atoms with Crippen molar-refractivity contribution in [3.05, 3.63) is 36.3 Å². The van der Waals surface area contributed by atoms with E-state index < -0.39 is 24.9 Å². The molecule has 0 amide bonds. The molecule has 5 rings (SSSR count). The van der Waals surface area contributed by atoms with Crippen LogP contribution in [0.4, 0.5) is 29.1 Å². The molecule has 232 valence electrons. The van der Waals surface area contributed by atoms with Crippen LogP contribution in [-0.4, -0.2) is 95.8 Å². The van der Waals surface area contributed by atoms with Crippen LogP contribution in [0.5, 0.6) is 5.75 Å². The first-order valence-corrected chi connectivity index (χ1v) is 17.0. The maximum absolute atomic E-state index is 15.3. The molecule has 1 aromatic carbocycles. The fourth-order valence-corrected chi connectivity index (χ4v) is 6.61. The Kier molecular flexibility index (Phi) is 8.91. The van der Waals surface area contributed by atoms with Gasteiger partial charge in [0.25, 0.3) is 0 Å². The summed E-state index contributed by atoms with van der Waals surface area (Å²) < 4.78 is 80.3. The molecule has 15 heteroatoms. The molecule has 3 aromatic rings. The molecule has 2 fully saturated rings. The van der Waals surface area contributed by atoms with Crippen molar-refractivity contribution in [1.82, 2.24) is 19.3 Å². The maximum Gasteiger partial charge on any atom is 0.447 e. The highest BCUT2D eigenvalue weighted by Crippen LogP contribution is 2.40. The SMILES string of the molecule is COc1cc(P(C)(C)=O)ccc1NCC#Cc1nc2c(N[C@@H]3CCN(C4(C)COC4)C[C@@H]3F)nccn2c1SC(F)(F)F. The molecule has 2 N–H and O–H groups in total. The Morgan fingerprint density at radius 2 is 2.07 bits per heavy atom. The quantitative estimate of drug-likeness (QED) is 0.158. The largest absolute Gasteiger partial charge is 0.495 e. The number of ether oxygens (including phenoxy) is 2. The second kappa shape index (κ2) is 12.2. The van der Waals surface area contributed by atoms with E-state index in [0.29, 0.717) is 42.9 Å². The topological polar surface area (TPSA) is 93.0 Å². The summed E-state index contributed by atoms with van der Waals surface area (Å²) >= 11 is -0.322. The van der Waals surface area contributed by atoms with Crippen LogP contribution in [0.25, 0.3) is 5.65 Å². The molecule has 0 saturated carbocycles. The highest BCUT2D eigenvalue weighted by Gasteiger charge is 2.44. The first-order chi connectivity index (χ1) is 20.3. The van der Waals surface area contributed by atoms with Gasteiger partial charge in [0, 0.05) is 42.5 Å². The number of fused-ring (bicyclic) bond motifs is 1. The van der Waals surface area contributed by atoms with Crippen LogP contribution in [0, 0.1) is 11.8 Å². The lowest BCUT2D eigenvalue weighted by molar-refractivity contribution is -0.142. The van der Waals surface area contributed by atoms with Gasteiger partial charge in [0.1, 0.15) is 29.8 Å². The van der Waals surface area contributed by atoms with Gasteiger partial charge in [0.05, 0.1) is 44.1 Å². The van der Waals surface area contributed by atoms with E-state index in [0.717, 1.165) is 0 Å². The first-order valence-electron chi connectivity index (χ1n) is 13.6. The van der Waals surface area contributed by atoms with E-state index in [2.05, 4.69) is 37.3 Å². The maximum atomic E-state index is 15.3. The molecule has 2 aromatic heterocycles. The van der Waals surface area contributed by atoms with Crippen molar-refractivity contribution in [3.63, 3.8) is 0 Å². The summed E-state index contributed by atoms with van der Waals surface area (Å²) in [4.78, 5) is 10.8. The number of alkyl halides is 4. The Morgan fingerprint density at radius 3 is 2.70 bits per heavy atom. The van der Waals surface area contributed by atoms with Crippen LogP contribution in [0.15, 0.2) is 35.6 Å². The van der Waals surface area contributed by atoms with E-state index in [-0.39, 0.29) is 52.6 Å². The fourth-order valence-electron chi connectivity index (χ4n) is 5.09. The Bertz CT molecular complexity index is 1600. The number of anilines is 2. The Labute approximate surface area is 251 Å². The first kappa shape index (κ1) is 31.4. The molecule has 0 spiro atoms. The minimum Gasteiger partial charge on any atom is -0.495 e. The molecule has 0 radical (unpaired) electrons. The monoisotopic (exact) mass is 640 g/mol. The summed E-state index contributed by atoms with van der Waals surface area (Å²) in [6.45, 7) is 7.43. The van der Waals surface area contributed by atoms with Gasteiger partial charge in [-0.1, -0.05) is 5.92 Å². The zero-order valence-electron chi connectivity index (χ0n) is 24.2. The normalized spacial score (nSPS) is 20.7. The number of aromatic nitrogens is 3. The van der Waals surface area contributed by atoms with E-state index in [1.54, 1.807) is 31.5 Å². The number of hydrogen-bond donors (Lipinski definition) is 2. The zero-order valence-corrected chi connectivity index (χ0v) is 25.9. The number of piperidine rings is 1. The standard InChI is InChI=1S/C28H33F4N6O3PS/c1-27(16-41-17-27)37-12-9-20(19(29)15-37)35-24-25-36-22(26(43-28(30,31)32)38(25)13-11-34-24)6-5-10-33-21-8-7-18(42(3,4)39)14-23(21)40-2/h7-8,11,13-14,19-20,33H,9-10,12,15-17H2,1-4H3,(H,34,35)/t19-,20+/m0/s1. The molecule has 0 bridgehead atoms. The summed E-state index contributed by atoms with van der Waals surface area (Å²) in [7, 11) is -1.01. The van der Waals surface area contributed by atoms with E-state index >= 15 is 4.39 Å². The third-order valence-electron chi connectivity index (χ3n) is 7.54. The van der Waals surface area contributed by atoms with Gasteiger partial charge >= 0.3 is 5.51 Å². The Hall–Kier alpha value is -2.98. The van der Waals surface area contributed by atoms with Crippen molar-refractivity contribution in [2.75, 3.05) is 63.9 Å². The molecule has 0 unspecified atom stereocenters. The van der Waals surface area contributed by atoms with Crippen molar-refractivity contribution in [2.24, 2.45) is 0 Å². The summed E-state index contributed by atoms with van der Waals surface area (Å²) in [5.74, 6) is 6.23. The second-order valence-electron chi connectivity index (χ2n) is 11.2. The van der Waals surface area contributed by atoms with Crippen molar-refractivity contribution in [2.45, 2.75) is 41.6 Å². The number of nitrogens with one attached hydrogen (secondary N) is 2. The third-order valence-corrected chi connectivity index (χ3v) is 9.88. The van der Waals surface area contributed by atoms with E-state index in [1.807, 2.05) is 6.92 Å². The molecule has 2 saturated heterocycles. The van der Waals surface area contributed by atoms with Gasteiger partial charge < -0.3 is 24.7 Å². The molecule has 2 aliphatic rings. The van der Waals surface area contributed by atoms with Crippen molar-refractivity contribution in [1.29, 1.82) is 0 Å². The molecule has 9 nitrogen and oxygen atoms in total. The lowest BCUT2D eigenvalue weighted by atomic mass is 9.92. The average Bonchev–Trinajstić information content (AvgIpc) is 3.26. The van der Waals surface area contributed by atoms with Gasteiger partial charge in [-0.3, -0.25) is 9.30 Å². The zero-order chi connectivity index (χ0) is 31.0. The number of methoxy groups -OCH3 is 1. The minimum atomic E-state index is -4.59. The van der Waals surface area contributed by atoms with Crippen LogP contribution < -0.4 is 20.7 Å². The average molecular weight is 641 g/mol. The number of imidazole rings is 1. The van der Waals surface area contributed by atoms with E-state index in [9.17, 15) is 17.7 Å². The highest BCUT2D eigenvalue weighted by molar-refractivity contribution is 8.00. The molecule has 2 aliphatic heterocycles. The fraction of sp³-hybridized carbons (Fsp3) is 0.500. The minimum absolute atomic E-state index is 0.0744. The summed E-state index contributed by atoms with van der Waals surface area (Å²) in [6, 6.07) is 4.56. The number of benzene rings is 1. The summed E-state index contributed by atoms with van der Waals surface area (Å²) in [5.41, 5.74) is -4.12. The van der Waals surface area contributed by atoms with Gasteiger partial charge in [-0.05, 0) is 50.8 Å². The van der Waals surface area contributed by atoms with Crippen molar-refractivity contribution >= 4 is 41.4 Å². The van der Waals surface area contributed by atoms with Crippen LogP contribution in [0.3, 0.4) is 0 Å². The van der Waals surface area contributed by atoms with E-state index in [4.69, 9.17) is 9.47 Å². The number of hydrogen-bond acceptors (Lipinski definition) is 9. The summed E-state index contributed by atoms with van der Waals surface area (Å²) in [6.07, 6.45) is 2.00. The van der Waals surface area contributed by atoms with Crippen LogP contribution >= 0.6 is 18.9 Å². The Morgan fingerprint density at radius 1 is 1.30 bits per heavy atom. The lowest BCUT2D eigenvalue weighted by Gasteiger charge is -2.50. The Balaban J connectivity index is 1.36. The molecular weight excluding hydrogens is 607 g/mol. The van der Waals surface area contributed by atoms with Gasteiger partial charge in [-0.2, -0.15) is 13.2 Å². The van der Waals surface area contributed by atoms with Gasteiger partial charge in [-0.15, -0.1) is 0 Å². The van der Waals surface area contributed by atoms with Crippen molar-refractivity contribution in [3.8, 4) is 17.6 Å². The smallest absolute Gasteiger partial charge is 0.447 e. The molecule has 4 heterocycles. The second-order valence-corrected chi connectivity index (χ2v) is 15.4. The molecular formula is C28H33F4N6O3PS.